The zero-order valence-electron chi connectivity index (χ0n) is 12.6. The van der Waals surface area contributed by atoms with Gasteiger partial charge in [0.1, 0.15) is 0 Å². The average molecular weight is 386 g/mol. The first-order valence-electron chi connectivity index (χ1n) is 7.20. The second-order valence-corrected chi connectivity index (χ2v) is 6.28. The smallest absolute Gasteiger partial charge is 0.226 e. The molecule has 0 saturated carbocycles. The highest BCUT2D eigenvalue weighted by Crippen LogP contribution is 2.32. The van der Waals surface area contributed by atoms with Gasteiger partial charge in [-0.05, 0) is 17.7 Å². The maximum atomic E-state index is 11.9. The highest BCUT2D eigenvalue weighted by atomic mass is 35.5. The summed E-state index contributed by atoms with van der Waals surface area (Å²) in [6.07, 6.45) is 0.401. The van der Waals surface area contributed by atoms with Crippen molar-refractivity contribution >= 4 is 52.3 Å². The summed E-state index contributed by atoms with van der Waals surface area (Å²) in [7, 11) is 0. The number of rotatable bonds is 6. The Morgan fingerprint density at radius 2 is 1.54 bits per heavy atom. The molecule has 126 valence electrons. The van der Waals surface area contributed by atoms with Crippen LogP contribution in [0.25, 0.3) is 0 Å². The minimum atomic E-state index is -0.282. The minimum absolute atomic E-state index is 0.122. The van der Waals surface area contributed by atoms with Gasteiger partial charge in [-0.25, -0.2) is 0 Å². The quantitative estimate of drug-likeness (QED) is 0.727. The van der Waals surface area contributed by atoms with E-state index in [-0.39, 0.29) is 31.2 Å². The summed E-state index contributed by atoms with van der Waals surface area (Å²) in [6, 6.07) is 12.3. The second-order valence-electron chi connectivity index (χ2n) is 5.06. The first-order valence-corrected chi connectivity index (χ1v) is 8.34. The van der Waals surface area contributed by atoms with Crippen molar-refractivity contribution in [3.8, 4) is 0 Å². The third kappa shape index (κ3) is 5.71. The van der Waals surface area contributed by atoms with Crippen molar-refractivity contribution < 1.29 is 9.59 Å². The van der Waals surface area contributed by atoms with Crippen molar-refractivity contribution in [2.75, 3.05) is 11.9 Å². The van der Waals surface area contributed by atoms with Crippen LogP contribution in [0.3, 0.4) is 0 Å². The van der Waals surface area contributed by atoms with Crippen LogP contribution in [0.15, 0.2) is 42.5 Å². The van der Waals surface area contributed by atoms with Gasteiger partial charge in [-0.15, -0.1) is 0 Å². The molecule has 4 nitrogen and oxygen atoms in total. The molecule has 0 fully saturated rings. The summed E-state index contributed by atoms with van der Waals surface area (Å²) in [5.41, 5.74) is 1.30. The Labute approximate surface area is 155 Å². The molecule has 0 spiro atoms. The number of anilines is 1. The van der Waals surface area contributed by atoms with Gasteiger partial charge in [0.05, 0.1) is 27.2 Å². The molecule has 0 aromatic heterocycles. The summed E-state index contributed by atoms with van der Waals surface area (Å²) in [4.78, 5) is 23.7. The molecule has 2 amide bonds. The third-order valence-corrected chi connectivity index (χ3v) is 4.20. The molecule has 0 radical (unpaired) electrons. The Bertz CT molecular complexity index is 736. The molecular weight excluding hydrogens is 371 g/mol. The Balaban J connectivity index is 1.77. The van der Waals surface area contributed by atoms with Crippen molar-refractivity contribution in [1.82, 2.24) is 5.32 Å². The molecule has 0 atom stereocenters. The van der Waals surface area contributed by atoms with Gasteiger partial charge in [0, 0.05) is 13.0 Å². The number of hydrogen-bond acceptors (Lipinski definition) is 2. The SMILES string of the molecule is O=C(Cc1ccccc1)NCCC(=O)Nc1cc(Cl)c(Cl)cc1Cl. The summed E-state index contributed by atoms with van der Waals surface area (Å²) >= 11 is 17.7. The summed E-state index contributed by atoms with van der Waals surface area (Å²) < 4.78 is 0. The number of nitrogens with one attached hydrogen (secondary N) is 2. The maximum Gasteiger partial charge on any atom is 0.226 e. The van der Waals surface area contributed by atoms with E-state index in [0.717, 1.165) is 5.56 Å². The van der Waals surface area contributed by atoms with Crippen molar-refractivity contribution in [3.63, 3.8) is 0 Å². The van der Waals surface area contributed by atoms with Crippen LogP contribution in [0.2, 0.25) is 15.1 Å². The van der Waals surface area contributed by atoms with E-state index in [4.69, 9.17) is 34.8 Å². The first kappa shape index (κ1) is 18.6. The van der Waals surface area contributed by atoms with Crippen LogP contribution >= 0.6 is 34.8 Å². The Hall–Kier alpha value is -1.75. The molecule has 2 rings (SSSR count). The molecule has 0 saturated heterocycles. The lowest BCUT2D eigenvalue weighted by Crippen LogP contribution is -2.28. The number of carbonyl (C=O) groups is 2. The van der Waals surface area contributed by atoms with Crippen molar-refractivity contribution in [1.29, 1.82) is 0 Å². The van der Waals surface area contributed by atoms with E-state index in [2.05, 4.69) is 10.6 Å². The van der Waals surface area contributed by atoms with Crippen molar-refractivity contribution in [3.05, 3.63) is 63.1 Å². The van der Waals surface area contributed by atoms with Crippen LogP contribution in [-0.2, 0) is 16.0 Å². The zero-order valence-corrected chi connectivity index (χ0v) is 14.9. The zero-order chi connectivity index (χ0) is 17.5. The van der Waals surface area contributed by atoms with Crippen LogP contribution in [-0.4, -0.2) is 18.4 Å². The molecule has 0 aliphatic heterocycles. The van der Waals surface area contributed by atoms with Crippen LogP contribution in [0.4, 0.5) is 5.69 Å². The van der Waals surface area contributed by atoms with E-state index >= 15 is 0 Å². The molecule has 0 aliphatic rings. The van der Waals surface area contributed by atoms with Crippen LogP contribution in [0.1, 0.15) is 12.0 Å². The monoisotopic (exact) mass is 384 g/mol. The van der Waals surface area contributed by atoms with Gasteiger partial charge in [-0.3, -0.25) is 9.59 Å². The lowest BCUT2D eigenvalue weighted by molar-refractivity contribution is -0.120. The van der Waals surface area contributed by atoms with Gasteiger partial charge in [-0.1, -0.05) is 65.1 Å². The van der Waals surface area contributed by atoms with E-state index in [0.29, 0.717) is 20.8 Å². The van der Waals surface area contributed by atoms with Gasteiger partial charge in [0.15, 0.2) is 0 Å². The number of halogens is 3. The van der Waals surface area contributed by atoms with Crippen molar-refractivity contribution in [2.24, 2.45) is 0 Å². The number of hydrogen-bond donors (Lipinski definition) is 2. The Morgan fingerprint density at radius 3 is 2.25 bits per heavy atom. The van der Waals surface area contributed by atoms with Gasteiger partial charge in [-0.2, -0.15) is 0 Å². The minimum Gasteiger partial charge on any atom is -0.355 e. The van der Waals surface area contributed by atoms with E-state index in [1.54, 1.807) is 0 Å². The summed E-state index contributed by atoms with van der Waals surface area (Å²) in [6.45, 7) is 0.233. The molecule has 24 heavy (non-hydrogen) atoms. The van der Waals surface area contributed by atoms with E-state index < -0.39 is 0 Å². The highest BCUT2D eigenvalue weighted by Gasteiger charge is 2.10. The van der Waals surface area contributed by atoms with Crippen LogP contribution < -0.4 is 10.6 Å². The lowest BCUT2D eigenvalue weighted by atomic mass is 10.1. The van der Waals surface area contributed by atoms with Gasteiger partial charge in [0.25, 0.3) is 0 Å². The van der Waals surface area contributed by atoms with Crippen LogP contribution in [0, 0.1) is 0 Å². The number of carbonyl (C=O) groups excluding carboxylic acids is 2. The lowest BCUT2D eigenvalue weighted by Gasteiger charge is -2.09. The Kier molecular flexibility index (Phi) is 6.91. The number of benzene rings is 2. The van der Waals surface area contributed by atoms with Crippen molar-refractivity contribution in [2.45, 2.75) is 12.8 Å². The standard InChI is InChI=1S/C17H15Cl3N2O2/c18-12-9-14(20)15(10-13(12)19)22-16(23)6-7-21-17(24)8-11-4-2-1-3-5-11/h1-5,9-10H,6-8H2,(H,21,24)(H,22,23). The topological polar surface area (TPSA) is 58.2 Å². The largest absolute Gasteiger partial charge is 0.355 e. The molecular formula is C17H15Cl3N2O2. The van der Waals surface area contributed by atoms with E-state index in [9.17, 15) is 9.59 Å². The molecule has 7 heteroatoms. The molecule has 2 N–H and O–H groups in total. The maximum absolute atomic E-state index is 11.9. The summed E-state index contributed by atoms with van der Waals surface area (Å²) in [5, 5.41) is 6.25. The van der Waals surface area contributed by atoms with Gasteiger partial charge >= 0.3 is 0 Å². The third-order valence-electron chi connectivity index (χ3n) is 3.17. The molecule has 2 aromatic carbocycles. The first-order chi connectivity index (χ1) is 11.5. The highest BCUT2D eigenvalue weighted by molar-refractivity contribution is 6.44. The average Bonchev–Trinajstić information content (AvgIpc) is 2.53. The fourth-order valence-corrected chi connectivity index (χ4v) is 2.58. The molecule has 2 aromatic rings. The molecule has 0 unspecified atom stereocenters. The predicted octanol–water partition coefficient (Wildman–Crippen LogP) is 4.33. The molecule has 0 heterocycles. The summed E-state index contributed by atoms with van der Waals surface area (Å²) in [5.74, 6) is -0.420. The number of amides is 2. The normalized spacial score (nSPS) is 10.3. The predicted molar refractivity (Wildman–Crippen MR) is 97.9 cm³/mol. The van der Waals surface area contributed by atoms with Gasteiger partial charge in [0.2, 0.25) is 11.8 Å². The van der Waals surface area contributed by atoms with E-state index in [1.807, 2.05) is 30.3 Å². The fraction of sp³-hybridized carbons (Fsp3) is 0.176. The molecule has 0 aliphatic carbocycles. The second kappa shape index (κ2) is 8.92. The van der Waals surface area contributed by atoms with E-state index in [1.165, 1.54) is 12.1 Å². The van der Waals surface area contributed by atoms with Crippen LogP contribution in [0.5, 0.6) is 0 Å². The Morgan fingerprint density at radius 1 is 0.875 bits per heavy atom. The molecule has 0 bridgehead atoms. The van der Waals surface area contributed by atoms with Gasteiger partial charge < -0.3 is 10.6 Å². The fourth-order valence-electron chi connectivity index (χ4n) is 1.99.